The maximum absolute atomic E-state index is 12.4. The summed E-state index contributed by atoms with van der Waals surface area (Å²) in [6.45, 7) is 4.37. The fraction of sp³-hybridized carbons (Fsp3) is 0.379. The largest absolute Gasteiger partial charge is 0.496 e. The Balaban J connectivity index is 1.10. The topological polar surface area (TPSA) is 87.2 Å². The lowest BCUT2D eigenvalue weighted by atomic mass is 10.1. The number of hydrogen-bond donors (Lipinski definition) is 1. The molecule has 1 aromatic carbocycles. The molecule has 2 aliphatic rings. The van der Waals surface area contributed by atoms with E-state index in [1.165, 1.54) is 18.4 Å². The Labute approximate surface area is 216 Å². The molecule has 1 amide bonds. The lowest BCUT2D eigenvalue weighted by molar-refractivity contribution is -0.133. The summed E-state index contributed by atoms with van der Waals surface area (Å²) in [5.41, 5.74) is 6.11. The quantitative estimate of drug-likeness (QED) is 0.396. The molecule has 0 spiro atoms. The van der Waals surface area contributed by atoms with E-state index < -0.39 is 0 Å². The number of nitrogens with one attached hydrogen (secondary N) is 1. The number of carbonyl (C=O) groups excluding carboxylic acids is 1. The lowest BCUT2D eigenvalue weighted by Gasteiger charge is -2.35. The normalized spacial score (nSPS) is 16.3. The van der Waals surface area contributed by atoms with Crippen molar-refractivity contribution in [3.63, 3.8) is 0 Å². The molecule has 1 aliphatic heterocycles. The summed E-state index contributed by atoms with van der Waals surface area (Å²) >= 11 is 0. The van der Waals surface area contributed by atoms with Crippen molar-refractivity contribution < 1.29 is 9.53 Å². The highest BCUT2D eigenvalue weighted by atomic mass is 16.5. The van der Waals surface area contributed by atoms with Crippen molar-refractivity contribution in [1.82, 2.24) is 29.7 Å². The third-order valence-corrected chi connectivity index (χ3v) is 7.36. The highest BCUT2D eigenvalue weighted by Gasteiger charge is 2.28. The van der Waals surface area contributed by atoms with E-state index in [0.717, 1.165) is 78.6 Å². The van der Waals surface area contributed by atoms with Crippen LogP contribution >= 0.6 is 0 Å². The van der Waals surface area contributed by atoms with E-state index in [1.807, 2.05) is 35.5 Å². The predicted octanol–water partition coefficient (Wildman–Crippen LogP) is 4.06. The summed E-state index contributed by atoms with van der Waals surface area (Å²) in [5.74, 6) is 2.67. The SMILES string of the molecule is COc1ccncc1-c1ccc2nc(Cc3cc(CN4CCN(C(=O)CC5CC5)CC4)ccn3)[nH]c2c1. The zero-order valence-corrected chi connectivity index (χ0v) is 21.2. The Hall–Kier alpha value is -3.78. The van der Waals surface area contributed by atoms with Crippen LogP contribution in [0, 0.1) is 5.92 Å². The number of aromatic nitrogens is 4. The second kappa shape index (κ2) is 10.3. The molecule has 0 bridgehead atoms. The van der Waals surface area contributed by atoms with Gasteiger partial charge in [0.1, 0.15) is 11.6 Å². The van der Waals surface area contributed by atoms with Gasteiger partial charge in [-0.15, -0.1) is 0 Å². The number of ether oxygens (including phenoxy) is 1. The van der Waals surface area contributed by atoms with E-state index in [0.29, 0.717) is 18.2 Å². The average Bonchev–Trinajstić information content (AvgIpc) is 3.65. The van der Waals surface area contributed by atoms with Gasteiger partial charge in [0.2, 0.25) is 5.91 Å². The molecule has 0 atom stereocenters. The number of hydrogen-bond acceptors (Lipinski definition) is 6. The van der Waals surface area contributed by atoms with Crippen molar-refractivity contribution >= 4 is 16.9 Å². The van der Waals surface area contributed by atoms with Gasteiger partial charge in [0.25, 0.3) is 0 Å². The molecule has 0 unspecified atom stereocenters. The molecule has 2 fully saturated rings. The summed E-state index contributed by atoms with van der Waals surface area (Å²) in [6.07, 6.45) is 9.27. The number of methoxy groups -OCH3 is 1. The number of pyridine rings is 2. The minimum absolute atomic E-state index is 0.339. The van der Waals surface area contributed by atoms with Crippen molar-refractivity contribution in [3.8, 4) is 16.9 Å². The molecule has 6 rings (SSSR count). The van der Waals surface area contributed by atoms with Gasteiger partial charge in [0.05, 0.1) is 18.1 Å². The van der Waals surface area contributed by atoms with Crippen LogP contribution in [-0.4, -0.2) is 68.9 Å². The first-order chi connectivity index (χ1) is 18.1. The number of fused-ring (bicyclic) bond motifs is 1. The average molecular weight is 497 g/mol. The van der Waals surface area contributed by atoms with E-state index in [-0.39, 0.29) is 0 Å². The zero-order chi connectivity index (χ0) is 25.2. The van der Waals surface area contributed by atoms with E-state index in [1.54, 1.807) is 13.3 Å². The summed E-state index contributed by atoms with van der Waals surface area (Å²) < 4.78 is 5.50. The van der Waals surface area contributed by atoms with Gasteiger partial charge in [-0.05, 0) is 60.2 Å². The van der Waals surface area contributed by atoms with Crippen LogP contribution in [0.2, 0.25) is 0 Å². The van der Waals surface area contributed by atoms with Crippen molar-refractivity contribution in [2.24, 2.45) is 5.92 Å². The Bertz CT molecular complexity index is 1400. The van der Waals surface area contributed by atoms with Crippen LogP contribution in [0.25, 0.3) is 22.2 Å². The molecule has 1 saturated heterocycles. The Kier molecular flexibility index (Phi) is 6.57. The molecule has 4 aromatic rings. The molecule has 37 heavy (non-hydrogen) atoms. The van der Waals surface area contributed by atoms with Crippen molar-refractivity contribution in [1.29, 1.82) is 0 Å². The number of aromatic amines is 1. The van der Waals surface area contributed by atoms with Gasteiger partial charge >= 0.3 is 0 Å². The zero-order valence-electron chi connectivity index (χ0n) is 21.2. The van der Waals surface area contributed by atoms with Gasteiger partial charge in [-0.3, -0.25) is 19.7 Å². The molecule has 8 heteroatoms. The first kappa shape index (κ1) is 23.6. The van der Waals surface area contributed by atoms with Crippen LogP contribution in [0.3, 0.4) is 0 Å². The van der Waals surface area contributed by atoms with Crippen molar-refractivity contribution in [3.05, 3.63) is 72.1 Å². The van der Waals surface area contributed by atoms with Gasteiger partial charge in [0, 0.05) is 75.4 Å². The Morgan fingerprint density at radius 1 is 1.08 bits per heavy atom. The maximum atomic E-state index is 12.4. The molecule has 1 saturated carbocycles. The summed E-state index contributed by atoms with van der Waals surface area (Å²) in [7, 11) is 1.67. The van der Waals surface area contributed by atoms with Gasteiger partial charge in [-0.25, -0.2) is 4.98 Å². The third-order valence-electron chi connectivity index (χ3n) is 7.36. The molecule has 8 nitrogen and oxygen atoms in total. The van der Waals surface area contributed by atoms with E-state index in [9.17, 15) is 4.79 Å². The number of rotatable bonds is 8. The van der Waals surface area contributed by atoms with Crippen LogP contribution in [0.5, 0.6) is 5.75 Å². The minimum Gasteiger partial charge on any atom is -0.496 e. The second-order valence-corrected chi connectivity index (χ2v) is 10.1. The van der Waals surface area contributed by atoms with E-state index in [4.69, 9.17) is 9.72 Å². The van der Waals surface area contributed by atoms with Crippen LogP contribution < -0.4 is 4.74 Å². The molecule has 1 aliphatic carbocycles. The summed E-state index contributed by atoms with van der Waals surface area (Å²) in [5, 5.41) is 0. The number of nitrogens with zero attached hydrogens (tertiary/aromatic N) is 5. The standard InChI is InChI=1S/C29H32N6O2/c1-37-27-7-8-30-18-24(27)22-4-5-25-26(16-22)33-28(32-25)17-23-14-21(6-9-31-23)19-34-10-12-35(13-11-34)29(36)15-20-2-3-20/h4-9,14,16,18,20H,2-3,10-13,15,17,19H2,1H3,(H,32,33). The number of amides is 1. The van der Waals surface area contributed by atoms with Crippen LogP contribution in [0.4, 0.5) is 0 Å². The van der Waals surface area contributed by atoms with Crippen molar-refractivity contribution in [2.45, 2.75) is 32.2 Å². The Morgan fingerprint density at radius 2 is 1.95 bits per heavy atom. The molecule has 3 aromatic heterocycles. The first-order valence-electron chi connectivity index (χ1n) is 13.1. The summed E-state index contributed by atoms with van der Waals surface area (Å²) in [6, 6.07) is 12.3. The lowest BCUT2D eigenvalue weighted by Crippen LogP contribution is -2.48. The maximum Gasteiger partial charge on any atom is 0.222 e. The molecule has 0 radical (unpaired) electrons. The van der Waals surface area contributed by atoms with Gasteiger partial charge < -0.3 is 14.6 Å². The van der Waals surface area contributed by atoms with E-state index in [2.05, 4.69) is 38.1 Å². The van der Waals surface area contributed by atoms with Crippen LogP contribution in [-0.2, 0) is 17.8 Å². The van der Waals surface area contributed by atoms with Crippen LogP contribution in [0.1, 0.15) is 36.3 Å². The first-order valence-corrected chi connectivity index (χ1v) is 13.1. The molecule has 4 heterocycles. The number of benzene rings is 1. The number of H-pyrrole nitrogens is 1. The molecule has 1 N–H and O–H groups in total. The van der Waals surface area contributed by atoms with Gasteiger partial charge in [-0.2, -0.15) is 0 Å². The molecular weight excluding hydrogens is 464 g/mol. The number of imidazole rings is 1. The second-order valence-electron chi connectivity index (χ2n) is 10.1. The summed E-state index contributed by atoms with van der Waals surface area (Å²) in [4.78, 5) is 34.0. The predicted molar refractivity (Wildman–Crippen MR) is 142 cm³/mol. The highest BCUT2D eigenvalue weighted by Crippen LogP contribution is 2.33. The smallest absolute Gasteiger partial charge is 0.222 e. The van der Waals surface area contributed by atoms with E-state index >= 15 is 0 Å². The van der Waals surface area contributed by atoms with Crippen molar-refractivity contribution in [2.75, 3.05) is 33.3 Å². The highest BCUT2D eigenvalue weighted by molar-refractivity contribution is 5.83. The third kappa shape index (κ3) is 5.49. The monoisotopic (exact) mass is 496 g/mol. The number of carbonyl (C=O) groups is 1. The fourth-order valence-corrected chi connectivity index (χ4v) is 5.10. The number of piperazine rings is 1. The fourth-order valence-electron chi connectivity index (χ4n) is 5.10. The van der Waals surface area contributed by atoms with Gasteiger partial charge in [0.15, 0.2) is 0 Å². The Morgan fingerprint density at radius 3 is 2.76 bits per heavy atom. The minimum atomic E-state index is 0.339. The van der Waals surface area contributed by atoms with Crippen LogP contribution in [0.15, 0.2) is 55.0 Å². The molecule has 190 valence electrons. The molecular formula is C29H32N6O2. The van der Waals surface area contributed by atoms with Gasteiger partial charge in [-0.1, -0.05) is 6.07 Å².